The van der Waals surface area contributed by atoms with E-state index in [9.17, 15) is 0 Å². The molecule has 0 amide bonds. The highest BCUT2D eigenvalue weighted by Gasteiger charge is 2.09. The van der Waals surface area contributed by atoms with Crippen molar-refractivity contribution < 1.29 is 4.74 Å². The molecule has 0 aromatic carbocycles. The van der Waals surface area contributed by atoms with Gasteiger partial charge in [0.05, 0.1) is 29.5 Å². The second kappa shape index (κ2) is 4.69. The molecule has 1 unspecified atom stereocenters. The Morgan fingerprint density at radius 3 is 2.77 bits per heavy atom. The van der Waals surface area contributed by atoms with Crippen LogP contribution >= 0.6 is 11.3 Å². The van der Waals surface area contributed by atoms with Crippen LogP contribution in [0.3, 0.4) is 0 Å². The van der Waals surface area contributed by atoms with Gasteiger partial charge in [-0.05, 0) is 20.8 Å². The van der Waals surface area contributed by atoms with Crippen molar-refractivity contribution in [3.8, 4) is 0 Å². The summed E-state index contributed by atoms with van der Waals surface area (Å²) in [5, 5.41) is 3.04. The largest absolute Gasteiger partial charge is 0.377 e. The first kappa shape index (κ1) is 10.6. The van der Waals surface area contributed by atoms with Crippen molar-refractivity contribution in [2.24, 2.45) is 5.73 Å². The van der Waals surface area contributed by atoms with Crippen LogP contribution in [0.2, 0.25) is 0 Å². The molecule has 2 N–H and O–H groups in total. The molecular formula is C9H16N2OS. The fraction of sp³-hybridized carbons (Fsp3) is 0.667. The SMILES string of the molecule is Cc1nc(C(N)COC(C)C)cs1. The van der Waals surface area contributed by atoms with E-state index in [-0.39, 0.29) is 12.1 Å². The molecule has 1 aromatic heterocycles. The van der Waals surface area contributed by atoms with E-state index in [0.717, 1.165) is 10.7 Å². The van der Waals surface area contributed by atoms with Gasteiger partial charge in [-0.25, -0.2) is 4.98 Å². The number of aryl methyl sites for hydroxylation is 1. The summed E-state index contributed by atoms with van der Waals surface area (Å²) in [5.41, 5.74) is 6.81. The second-order valence-corrected chi connectivity index (χ2v) is 4.34. The van der Waals surface area contributed by atoms with Gasteiger partial charge in [0, 0.05) is 5.38 Å². The van der Waals surface area contributed by atoms with Crippen LogP contribution in [0, 0.1) is 6.92 Å². The number of aromatic nitrogens is 1. The number of nitrogens with two attached hydrogens (primary N) is 1. The average Bonchev–Trinajstić information content (AvgIpc) is 2.47. The van der Waals surface area contributed by atoms with Crippen LogP contribution in [0.5, 0.6) is 0 Å². The summed E-state index contributed by atoms with van der Waals surface area (Å²) in [6, 6.07) is -0.0904. The number of ether oxygens (including phenoxy) is 1. The van der Waals surface area contributed by atoms with E-state index in [1.165, 1.54) is 0 Å². The van der Waals surface area contributed by atoms with Crippen LogP contribution in [0.25, 0.3) is 0 Å². The molecule has 74 valence electrons. The molecule has 0 aliphatic heterocycles. The fourth-order valence-electron chi connectivity index (χ4n) is 0.932. The zero-order chi connectivity index (χ0) is 9.84. The molecule has 0 aliphatic carbocycles. The first-order valence-corrected chi connectivity index (χ1v) is 5.26. The minimum atomic E-state index is -0.0904. The Morgan fingerprint density at radius 2 is 2.31 bits per heavy atom. The maximum Gasteiger partial charge on any atom is 0.0898 e. The van der Waals surface area contributed by atoms with E-state index in [0.29, 0.717) is 6.61 Å². The topological polar surface area (TPSA) is 48.1 Å². The van der Waals surface area contributed by atoms with Crippen molar-refractivity contribution in [2.75, 3.05) is 6.61 Å². The highest BCUT2D eigenvalue weighted by molar-refractivity contribution is 7.09. The lowest BCUT2D eigenvalue weighted by atomic mass is 10.2. The zero-order valence-corrected chi connectivity index (χ0v) is 9.10. The Labute approximate surface area is 82.9 Å². The minimum Gasteiger partial charge on any atom is -0.377 e. The van der Waals surface area contributed by atoms with Gasteiger partial charge in [-0.3, -0.25) is 0 Å². The molecular weight excluding hydrogens is 184 g/mol. The van der Waals surface area contributed by atoms with Crippen molar-refractivity contribution in [1.29, 1.82) is 0 Å². The van der Waals surface area contributed by atoms with Gasteiger partial charge in [0.2, 0.25) is 0 Å². The molecule has 0 spiro atoms. The summed E-state index contributed by atoms with van der Waals surface area (Å²) in [7, 11) is 0. The number of thiazole rings is 1. The third-order valence-corrected chi connectivity index (χ3v) is 2.42. The molecule has 0 saturated heterocycles. The molecule has 3 nitrogen and oxygen atoms in total. The molecule has 0 fully saturated rings. The number of rotatable bonds is 4. The fourth-order valence-corrected chi connectivity index (χ4v) is 1.61. The van der Waals surface area contributed by atoms with Crippen molar-refractivity contribution in [1.82, 2.24) is 4.98 Å². The lowest BCUT2D eigenvalue weighted by Crippen LogP contribution is -2.19. The molecule has 1 atom stereocenters. The number of hydrogen-bond donors (Lipinski definition) is 1. The smallest absolute Gasteiger partial charge is 0.0898 e. The maximum absolute atomic E-state index is 5.88. The monoisotopic (exact) mass is 200 g/mol. The first-order valence-electron chi connectivity index (χ1n) is 4.39. The molecule has 0 aliphatic rings. The Hall–Kier alpha value is -0.450. The third-order valence-electron chi connectivity index (χ3n) is 1.63. The molecule has 0 radical (unpaired) electrons. The first-order chi connectivity index (χ1) is 6.09. The normalized spacial score (nSPS) is 13.6. The molecule has 1 heterocycles. The van der Waals surface area contributed by atoms with Gasteiger partial charge >= 0.3 is 0 Å². The van der Waals surface area contributed by atoms with E-state index >= 15 is 0 Å². The van der Waals surface area contributed by atoms with Crippen LogP contribution in [0.15, 0.2) is 5.38 Å². The predicted octanol–water partition coefficient (Wildman–Crippen LogP) is 1.88. The molecule has 4 heteroatoms. The van der Waals surface area contributed by atoms with Crippen LogP contribution < -0.4 is 5.73 Å². The van der Waals surface area contributed by atoms with E-state index in [4.69, 9.17) is 10.5 Å². The van der Waals surface area contributed by atoms with Crippen LogP contribution in [-0.4, -0.2) is 17.7 Å². The summed E-state index contributed by atoms with van der Waals surface area (Å²) in [4.78, 5) is 4.30. The van der Waals surface area contributed by atoms with Gasteiger partial charge in [0.25, 0.3) is 0 Å². The van der Waals surface area contributed by atoms with Crippen molar-refractivity contribution in [3.63, 3.8) is 0 Å². The second-order valence-electron chi connectivity index (χ2n) is 3.28. The number of nitrogens with zero attached hydrogens (tertiary/aromatic N) is 1. The van der Waals surface area contributed by atoms with Crippen LogP contribution in [0.4, 0.5) is 0 Å². The lowest BCUT2D eigenvalue weighted by molar-refractivity contribution is 0.0677. The molecule has 0 bridgehead atoms. The average molecular weight is 200 g/mol. The Kier molecular flexibility index (Phi) is 3.84. The summed E-state index contributed by atoms with van der Waals surface area (Å²) in [5.74, 6) is 0. The van der Waals surface area contributed by atoms with Crippen molar-refractivity contribution in [2.45, 2.75) is 32.9 Å². The van der Waals surface area contributed by atoms with E-state index in [1.54, 1.807) is 11.3 Å². The molecule has 0 saturated carbocycles. The van der Waals surface area contributed by atoms with Gasteiger partial charge in [-0.15, -0.1) is 11.3 Å². The van der Waals surface area contributed by atoms with Crippen LogP contribution in [0.1, 0.15) is 30.6 Å². The lowest BCUT2D eigenvalue weighted by Gasteiger charge is -2.11. The maximum atomic E-state index is 5.88. The predicted molar refractivity (Wildman–Crippen MR) is 54.9 cm³/mol. The summed E-state index contributed by atoms with van der Waals surface area (Å²) in [6.45, 7) is 6.52. The highest BCUT2D eigenvalue weighted by atomic mass is 32.1. The standard InChI is InChI=1S/C9H16N2OS/c1-6(2)12-4-8(10)9-5-13-7(3)11-9/h5-6,8H,4,10H2,1-3H3. The quantitative estimate of drug-likeness (QED) is 0.807. The third kappa shape index (κ3) is 3.42. The Balaban J connectivity index is 2.44. The van der Waals surface area contributed by atoms with Gasteiger partial charge in [-0.2, -0.15) is 0 Å². The summed E-state index contributed by atoms with van der Waals surface area (Å²) < 4.78 is 5.41. The minimum absolute atomic E-state index is 0.0904. The zero-order valence-electron chi connectivity index (χ0n) is 8.28. The molecule has 13 heavy (non-hydrogen) atoms. The molecule has 1 aromatic rings. The van der Waals surface area contributed by atoms with Crippen molar-refractivity contribution >= 4 is 11.3 Å². The van der Waals surface area contributed by atoms with E-state index in [1.807, 2.05) is 26.2 Å². The van der Waals surface area contributed by atoms with Gasteiger partial charge < -0.3 is 10.5 Å². The highest BCUT2D eigenvalue weighted by Crippen LogP contribution is 2.14. The van der Waals surface area contributed by atoms with Gasteiger partial charge in [0.1, 0.15) is 0 Å². The van der Waals surface area contributed by atoms with Gasteiger partial charge in [-0.1, -0.05) is 0 Å². The van der Waals surface area contributed by atoms with Crippen molar-refractivity contribution in [3.05, 3.63) is 16.1 Å². The Bertz CT molecular complexity index is 260. The number of hydrogen-bond acceptors (Lipinski definition) is 4. The van der Waals surface area contributed by atoms with Gasteiger partial charge in [0.15, 0.2) is 0 Å². The van der Waals surface area contributed by atoms with E-state index < -0.39 is 0 Å². The summed E-state index contributed by atoms with van der Waals surface area (Å²) >= 11 is 1.62. The van der Waals surface area contributed by atoms with Crippen LogP contribution in [-0.2, 0) is 4.74 Å². The molecule has 1 rings (SSSR count). The summed E-state index contributed by atoms with van der Waals surface area (Å²) in [6.07, 6.45) is 0.228. The Morgan fingerprint density at radius 1 is 1.62 bits per heavy atom. The van der Waals surface area contributed by atoms with E-state index in [2.05, 4.69) is 4.98 Å².